The second-order valence-electron chi connectivity index (χ2n) is 49.4. The molecule has 33 heteroatoms. The first-order valence-corrected chi connectivity index (χ1v) is 55.0. The molecule has 0 aromatic carbocycles. The highest BCUT2D eigenvalue weighted by atomic mass is 35.5. The summed E-state index contributed by atoms with van der Waals surface area (Å²) in [6.07, 6.45) is 27.5. The van der Waals surface area contributed by atoms with Crippen LogP contribution in [0, 0.1) is 0 Å². The molecule has 7 saturated heterocycles. The highest BCUT2D eigenvalue weighted by Gasteiger charge is 2.36. The number of hydrogen-bond acceptors (Lipinski definition) is 25. The van der Waals surface area contributed by atoms with Crippen LogP contribution in [0.15, 0.2) is 92.0 Å². The summed E-state index contributed by atoms with van der Waals surface area (Å²) < 4.78 is 38.0. The molecule has 812 valence electrons. The van der Waals surface area contributed by atoms with Crippen molar-refractivity contribution in [3.05, 3.63) is 177 Å². The number of rotatable bonds is 16. The van der Waals surface area contributed by atoms with Crippen molar-refractivity contribution in [1.82, 2.24) is 44.9 Å². The number of aromatic nitrogens is 9. The van der Waals surface area contributed by atoms with Gasteiger partial charge in [-0.05, 0) is 244 Å². The summed E-state index contributed by atoms with van der Waals surface area (Å²) in [6.45, 7) is 71.8. The Bertz CT molecular complexity index is 5320. The fraction of sp³-hybridized carbons (Fsp3) is 0.655. The highest BCUT2D eigenvalue weighted by Crippen LogP contribution is 2.41. The fourth-order valence-electron chi connectivity index (χ4n) is 17.6. The molecule has 1 saturated carbocycles. The largest absolute Gasteiger partial charge is 0.393 e. The Labute approximate surface area is 913 Å². The smallest absolute Gasteiger partial charge is 0.223 e. The number of halogens is 8. The molecule has 0 spiro atoms. The van der Waals surface area contributed by atoms with Crippen LogP contribution in [-0.2, 0) is 76.5 Å². The van der Waals surface area contributed by atoms with E-state index in [2.05, 4.69) is 306 Å². The summed E-state index contributed by atoms with van der Waals surface area (Å²) in [5.74, 6) is 6.90. The van der Waals surface area contributed by atoms with Gasteiger partial charge in [0.05, 0.1) is 114 Å². The van der Waals surface area contributed by atoms with Gasteiger partial charge in [0.15, 0.2) is 0 Å². The van der Waals surface area contributed by atoms with E-state index in [0.29, 0.717) is 53.3 Å². The van der Waals surface area contributed by atoms with E-state index >= 15 is 0 Å². The Kier molecular flexibility index (Phi) is 45.4. The van der Waals surface area contributed by atoms with Crippen LogP contribution in [0.1, 0.15) is 335 Å². The maximum Gasteiger partial charge on any atom is 0.223 e. The molecule has 0 bridgehead atoms. The van der Waals surface area contributed by atoms with E-state index in [-0.39, 0.29) is 66.2 Å². The van der Waals surface area contributed by atoms with E-state index in [4.69, 9.17) is 126 Å². The molecule has 0 radical (unpaired) electrons. The first-order valence-electron chi connectivity index (χ1n) is 52.0. The van der Waals surface area contributed by atoms with E-state index < -0.39 is 0 Å². The van der Waals surface area contributed by atoms with Gasteiger partial charge in [0.25, 0.3) is 0 Å². The number of nitrogens with one attached hydrogen (secondary N) is 8. The van der Waals surface area contributed by atoms with Gasteiger partial charge >= 0.3 is 0 Å². The molecular formula is C113H171Cl8N17O8. The number of hydrogen-bond donors (Lipinski definition) is 9. The third-order valence-electron chi connectivity index (χ3n) is 26.4. The third-order valence-corrected chi connectivity index (χ3v) is 28.8. The molecule has 8 aromatic heterocycles. The molecule has 8 aromatic rings. The summed E-state index contributed by atoms with van der Waals surface area (Å²) >= 11 is 49.7. The van der Waals surface area contributed by atoms with Crippen molar-refractivity contribution in [3.8, 4) is 0 Å². The third kappa shape index (κ3) is 40.8. The molecule has 8 fully saturated rings. The SMILES string of the molecule is CC(C)(C)c1cc(NC2CCC(O)CC2)ncc1Cl.CC(C)(C)c1cc(NC2CCOC2)ncc1Cl.CC(C)(C)c1cc(NC2CCOCC2)ncc1Cl.CC(C)(C)c1cc(NC2COC2)ncc1Cl.CC(C)(C)c1nc(NC2CCOCC2)ncc1Cl.CC1(C)CC(Nc2cc(C(C)(C)C)c(Cl)cn2)CCO1.CC1(C)CC(Nc2cc(C(C)(C)C)c(Cl)cn2)CO1.CC1(Nc2cc(C(C)(C)C)c(Cl)cn2)CCOCC1. The van der Waals surface area contributed by atoms with E-state index in [0.717, 1.165) is 290 Å². The van der Waals surface area contributed by atoms with Crippen LogP contribution < -0.4 is 42.5 Å². The van der Waals surface area contributed by atoms with Crippen LogP contribution in [0.4, 0.5) is 46.7 Å². The normalized spacial score (nSPS) is 20.3. The van der Waals surface area contributed by atoms with Gasteiger partial charge in [-0.2, -0.15) is 0 Å². The molecule has 1 aliphatic carbocycles. The van der Waals surface area contributed by atoms with Gasteiger partial charge in [-0.1, -0.05) is 259 Å². The Morgan fingerprint density at radius 2 is 0.541 bits per heavy atom. The molecule has 25 nitrogen and oxygen atoms in total. The van der Waals surface area contributed by atoms with Crippen LogP contribution in [-0.4, -0.2) is 194 Å². The van der Waals surface area contributed by atoms with Gasteiger partial charge in [-0.25, -0.2) is 44.9 Å². The van der Waals surface area contributed by atoms with Gasteiger partial charge in [0, 0.05) is 131 Å². The Hall–Kier alpha value is -6.47. The van der Waals surface area contributed by atoms with Gasteiger partial charge in [-0.15, -0.1) is 0 Å². The second-order valence-corrected chi connectivity index (χ2v) is 52.6. The number of pyridine rings is 7. The fourth-order valence-corrected chi connectivity index (χ4v) is 20.7. The lowest BCUT2D eigenvalue weighted by atomic mass is 9.87. The summed E-state index contributed by atoms with van der Waals surface area (Å²) in [7, 11) is 0. The zero-order chi connectivity index (χ0) is 108. The zero-order valence-electron chi connectivity index (χ0n) is 92.5. The standard InChI is InChI=1S/C16H25ClN2O.3C15H23ClN2O.C14H21ClN2O.C13H20ClN3O.C13H19ClN2O.C12H17ClN2O/c1-15(2,3)12-8-14(18-10-13(12)17)19-11-6-7-20-16(4,5)9-11;1-14(2,3)11-6-13(17-8-12(11)16)18-10-7-15(4,5)19-9-10;1-14(2,3)11-9-13(17-10-12(11)16)18-15(4)5-7-19-8-6-15;1-15(2,3)12-8-14(17-9-13(12)16)18-10-4-6-11(19)7-5-10;1-14(2,3)11-8-13(16-9-12(11)15)17-10-4-6-18-7-5-10;1-13(2,3)11-10(14)8-15-12(17-11)16-9-4-6-18-7-5-9;1-13(2,3)10-6-12(15-7-11(10)14)16-9-4-5-17-8-9;1-12(2,3)9-4-11(14-5-10(9)13)15-8-6-16-7-8/h8,10-11H,6-7,9H2,1-5H3,(H,18,19);6,8,10H,7,9H2,1-5H3,(H,17,18);9-10H,5-8H2,1-4H3,(H,17,18);8-11,19H,4-7H2,1-3H3,(H,17,18);8-10H,4-7H2,1-3H3,(H,16,17);8-9H,4-7H2,1-3H3,(H,15,16,17);6-7,9H,4-5,8H2,1-3H3,(H,15,16);4-5,8H,6-7H2,1-3H3,(H,14,15). The van der Waals surface area contributed by atoms with E-state index in [1.165, 1.54) is 0 Å². The predicted molar refractivity (Wildman–Crippen MR) is 610 cm³/mol. The van der Waals surface area contributed by atoms with Gasteiger partial charge in [0.2, 0.25) is 5.95 Å². The monoisotopic (exact) mass is 2170 g/mol. The van der Waals surface area contributed by atoms with Gasteiger partial charge in [0.1, 0.15) is 40.7 Å². The summed E-state index contributed by atoms with van der Waals surface area (Å²) in [5, 5.41) is 42.8. The van der Waals surface area contributed by atoms with Crippen LogP contribution >= 0.6 is 92.8 Å². The van der Waals surface area contributed by atoms with Crippen molar-refractivity contribution in [2.45, 2.75) is 399 Å². The molecular weight excluding hydrogens is 2010 g/mol. The van der Waals surface area contributed by atoms with Crippen LogP contribution in [0.2, 0.25) is 40.2 Å². The molecule has 3 unspecified atom stereocenters. The maximum absolute atomic E-state index is 9.52. The first-order chi connectivity index (χ1) is 67.9. The highest BCUT2D eigenvalue weighted by molar-refractivity contribution is 6.33. The van der Waals surface area contributed by atoms with Crippen LogP contribution in [0.3, 0.4) is 0 Å². The zero-order valence-corrected chi connectivity index (χ0v) is 98.6. The van der Waals surface area contributed by atoms with E-state index in [1.807, 2.05) is 24.3 Å². The number of nitrogens with zero attached hydrogens (tertiary/aromatic N) is 9. The quantitative estimate of drug-likeness (QED) is 0.0434. The minimum Gasteiger partial charge on any atom is -0.393 e. The molecule has 16 rings (SSSR count). The lowest BCUT2D eigenvalue weighted by Gasteiger charge is -2.36. The maximum atomic E-state index is 9.52. The van der Waals surface area contributed by atoms with Crippen molar-refractivity contribution in [3.63, 3.8) is 0 Å². The Morgan fingerprint density at radius 3 is 0.863 bits per heavy atom. The molecule has 9 N–H and O–H groups in total. The number of anilines is 8. The molecule has 0 amide bonds. The van der Waals surface area contributed by atoms with Crippen molar-refractivity contribution >= 4 is 139 Å². The van der Waals surface area contributed by atoms with Crippen molar-refractivity contribution in [1.29, 1.82) is 0 Å². The van der Waals surface area contributed by atoms with Gasteiger partial charge < -0.3 is 80.8 Å². The molecule has 146 heavy (non-hydrogen) atoms. The lowest BCUT2D eigenvalue weighted by molar-refractivity contribution is -0.0553. The number of aliphatic hydroxyl groups excluding tert-OH is 1. The number of aliphatic hydroxyl groups is 1. The molecule has 3 atom stereocenters. The van der Waals surface area contributed by atoms with E-state index in [1.54, 1.807) is 49.6 Å². The van der Waals surface area contributed by atoms with E-state index in [9.17, 15) is 5.11 Å². The average molecular weight is 2180 g/mol. The van der Waals surface area contributed by atoms with Gasteiger partial charge in [-0.3, -0.25) is 0 Å². The average Bonchev–Trinajstić information content (AvgIpc) is 0.909. The van der Waals surface area contributed by atoms with Crippen molar-refractivity contribution in [2.75, 3.05) is 122 Å². The van der Waals surface area contributed by atoms with Crippen molar-refractivity contribution < 1.29 is 38.3 Å². The molecule has 15 heterocycles. The Morgan fingerprint density at radius 1 is 0.267 bits per heavy atom. The number of ether oxygens (including phenoxy) is 7. The minimum absolute atomic E-state index is 0.0131. The topological polar surface area (TPSA) is 297 Å². The first kappa shape index (κ1) is 123. The summed E-state index contributed by atoms with van der Waals surface area (Å²) in [4.78, 5) is 39.3. The lowest BCUT2D eigenvalue weighted by Crippen LogP contribution is -2.40. The van der Waals surface area contributed by atoms with Crippen molar-refractivity contribution in [2.24, 2.45) is 0 Å². The Balaban J connectivity index is 0.000000186. The minimum atomic E-state index is -0.124. The van der Waals surface area contributed by atoms with Crippen LogP contribution in [0.25, 0.3) is 0 Å². The molecule has 8 aliphatic rings. The molecule has 7 aliphatic heterocycles. The summed E-state index contributed by atoms with van der Waals surface area (Å²) in [5.41, 5.74) is 8.79. The second kappa shape index (κ2) is 53.9. The summed E-state index contributed by atoms with van der Waals surface area (Å²) in [6, 6.07) is 17.1. The predicted octanol–water partition coefficient (Wildman–Crippen LogP) is 28.9. The van der Waals surface area contributed by atoms with Crippen LogP contribution in [0.5, 0.6) is 0 Å².